The Morgan fingerprint density at radius 1 is 1.33 bits per heavy atom. The van der Waals surface area contributed by atoms with Crippen molar-refractivity contribution in [2.24, 2.45) is 0 Å². The maximum Gasteiger partial charge on any atom is 0.372 e. The zero-order valence-electron chi connectivity index (χ0n) is 4.31. The molecular weight excluding hydrogens is 147 g/mol. The van der Waals surface area contributed by atoms with Crippen molar-refractivity contribution >= 4 is 20.1 Å². The number of hydrogen-bond acceptors (Lipinski definition) is 4. The van der Waals surface area contributed by atoms with Gasteiger partial charge in [-0.15, -0.1) is 0 Å². The second-order valence-corrected chi connectivity index (χ2v) is 2.32. The second kappa shape index (κ2) is 3.50. The summed E-state index contributed by atoms with van der Waals surface area (Å²) < 4.78 is 0. The highest BCUT2D eigenvalue weighted by Gasteiger charge is 2.14. The van der Waals surface area contributed by atoms with Crippen LogP contribution in [0.5, 0.6) is 0 Å². The quantitative estimate of drug-likeness (QED) is 0.353. The SMILES string of the molecule is O=C(O)C(=O)CP(O)O. The Morgan fingerprint density at radius 3 is 1.89 bits per heavy atom. The van der Waals surface area contributed by atoms with Crippen LogP contribution in [0.4, 0.5) is 0 Å². The molecule has 0 radical (unpaired) electrons. The number of Topliss-reactive ketones (excluding diaryl/α,β-unsaturated/α-hetero) is 1. The summed E-state index contributed by atoms with van der Waals surface area (Å²) in [6, 6.07) is 0. The first-order valence-electron chi connectivity index (χ1n) is 1.95. The lowest BCUT2D eigenvalue weighted by molar-refractivity contribution is -0.147. The fourth-order valence-corrected chi connectivity index (χ4v) is 0.588. The van der Waals surface area contributed by atoms with Crippen molar-refractivity contribution in [2.45, 2.75) is 0 Å². The molecule has 6 heteroatoms. The first-order valence-corrected chi connectivity index (χ1v) is 3.38. The fourth-order valence-electron chi connectivity index (χ4n) is 0.196. The Morgan fingerprint density at radius 2 is 1.78 bits per heavy atom. The third-order valence-electron chi connectivity index (χ3n) is 0.524. The lowest BCUT2D eigenvalue weighted by Crippen LogP contribution is -2.15. The average Bonchev–Trinajstić information content (AvgIpc) is 1.63. The van der Waals surface area contributed by atoms with E-state index >= 15 is 0 Å². The van der Waals surface area contributed by atoms with Gasteiger partial charge in [-0.2, -0.15) is 0 Å². The van der Waals surface area contributed by atoms with Gasteiger partial charge in [0.25, 0.3) is 0 Å². The molecule has 0 bridgehead atoms. The van der Waals surface area contributed by atoms with Gasteiger partial charge in [0.2, 0.25) is 5.78 Å². The van der Waals surface area contributed by atoms with Crippen LogP contribution in [0.15, 0.2) is 0 Å². The highest BCUT2D eigenvalue weighted by molar-refractivity contribution is 7.46. The predicted molar refractivity (Wildman–Crippen MR) is 28.9 cm³/mol. The Balaban J connectivity index is 3.65. The summed E-state index contributed by atoms with van der Waals surface area (Å²) in [5.41, 5.74) is 0. The van der Waals surface area contributed by atoms with Gasteiger partial charge in [0, 0.05) is 0 Å². The zero-order valence-corrected chi connectivity index (χ0v) is 5.21. The molecule has 0 fully saturated rings. The van der Waals surface area contributed by atoms with Gasteiger partial charge >= 0.3 is 5.97 Å². The van der Waals surface area contributed by atoms with E-state index < -0.39 is 26.3 Å². The smallest absolute Gasteiger partial charge is 0.372 e. The highest BCUT2D eigenvalue weighted by Crippen LogP contribution is 2.21. The molecule has 0 heterocycles. The van der Waals surface area contributed by atoms with Crippen molar-refractivity contribution < 1.29 is 24.5 Å². The maximum absolute atomic E-state index is 10.0. The average molecular weight is 152 g/mol. The number of aliphatic carboxylic acids is 1. The molecule has 0 rings (SSSR count). The molecule has 0 amide bonds. The minimum absolute atomic E-state index is 0.690. The van der Waals surface area contributed by atoms with Crippen molar-refractivity contribution in [3.05, 3.63) is 0 Å². The first-order chi connectivity index (χ1) is 4.04. The van der Waals surface area contributed by atoms with E-state index in [4.69, 9.17) is 14.9 Å². The van der Waals surface area contributed by atoms with Crippen molar-refractivity contribution in [2.75, 3.05) is 6.16 Å². The van der Waals surface area contributed by atoms with Crippen LogP contribution in [0.3, 0.4) is 0 Å². The molecule has 0 saturated heterocycles. The lowest BCUT2D eigenvalue weighted by Gasteiger charge is -1.94. The number of ketones is 1. The minimum atomic E-state index is -2.40. The molecule has 0 spiro atoms. The van der Waals surface area contributed by atoms with E-state index in [-0.39, 0.29) is 0 Å². The molecule has 9 heavy (non-hydrogen) atoms. The number of carboxylic acids is 1. The van der Waals surface area contributed by atoms with E-state index in [2.05, 4.69) is 0 Å². The van der Waals surface area contributed by atoms with Crippen LogP contribution in [0, 0.1) is 0 Å². The van der Waals surface area contributed by atoms with Gasteiger partial charge in [-0.25, -0.2) is 4.79 Å². The van der Waals surface area contributed by atoms with Crippen molar-refractivity contribution in [1.82, 2.24) is 0 Å². The fraction of sp³-hybridized carbons (Fsp3) is 0.333. The topological polar surface area (TPSA) is 94.8 Å². The van der Waals surface area contributed by atoms with Crippen LogP contribution in [0.25, 0.3) is 0 Å². The maximum atomic E-state index is 10.0. The molecule has 52 valence electrons. The highest BCUT2D eigenvalue weighted by atomic mass is 31.2. The Labute approximate surface area is 51.8 Å². The third-order valence-corrected chi connectivity index (χ3v) is 1.09. The van der Waals surface area contributed by atoms with Gasteiger partial charge in [0.1, 0.15) is 0 Å². The second-order valence-electron chi connectivity index (χ2n) is 1.26. The molecular formula is C3H5O5P. The molecule has 0 aliphatic carbocycles. The number of carboxylic acid groups (broad SMARTS) is 1. The third kappa shape index (κ3) is 4.02. The number of carbonyl (C=O) groups is 2. The summed E-state index contributed by atoms with van der Waals surface area (Å²) in [5, 5.41) is 7.87. The monoisotopic (exact) mass is 152 g/mol. The lowest BCUT2D eigenvalue weighted by atomic mass is 10.5. The predicted octanol–water partition coefficient (Wildman–Crippen LogP) is -1.06. The first kappa shape index (κ1) is 8.49. The van der Waals surface area contributed by atoms with Crippen molar-refractivity contribution in [3.63, 3.8) is 0 Å². The molecule has 0 unspecified atom stereocenters. The van der Waals surface area contributed by atoms with E-state index in [0.717, 1.165) is 0 Å². The minimum Gasteiger partial charge on any atom is -0.475 e. The van der Waals surface area contributed by atoms with Crippen LogP contribution in [-0.2, 0) is 9.59 Å². The van der Waals surface area contributed by atoms with Crippen LogP contribution in [0.1, 0.15) is 0 Å². The van der Waals surface area contributed by atoms with E-state index in [1.807, 2.05) is 0 Å². The largest absolute Gasteiger partial charge is 0.475 e. The summed E-state index contributed by atoms with van der Waals surface area (Å²) in [5.74, 6) is -2.81. The number of rotatable bonds is 3. The van der Waals surface area contributed by atoms with Crippen LogP contribution in [-0.4, -0.2) is 32.8 Å². The van der Waals surface area contributed by atoms with Gasteiger partial charge in [0.15, 0.2) is 8.38 Å². The molecule has 3 N–H and O–H groups in total. The Bertz CT molecular complexity index is 130. The summed E-state index contributed by atoms with van der Waals surface area (Å²) in [6.07, 6.45) is -0.690. The van der Waals surface area contributed by atoms with Crippen LogP contribution >= 0.6 is 8.38 Å². The van der Waals surface area contributed by atoms with E-state index in [1.54, 1.807) is 0 Å². The van der Waals surface area contributed by atoms with Gasteiger partial charge < -0.3 is 14.9 Å². The van der Waals surface area contributed by atoms with Crippen molar-refractivity contribution in [1.29, 1.82) is 0 Å². The zero-order chi connectivity index (χ0) is 7.44. The van der Waals surface area contributed by atoms with Gasteiger partial charge in [-0.3, -0.25) is 4.79 Å². The molecule has 5 nitrogen and oxygen atoms in total. The summed E-state index contributed by atoms with van der Waals surface area (Å²) >= 11 is 0. The number of hydrogen-bond donors (Lipinski definition) is 3. The Kier molecular flexibility index (Phi) is 3.30. The normalized spacial score (nSPS) is 9.67. The molecule has 0 saturated carbocycles. The van der Waals surface area contributed by atoms with Gasteiger partial charge in [0.05, 0.1) is 6.16 Å². The molecule has 0 aromatic heterocycles. The molecule has 0 atom stereocenters. The van der Waals surface area contributed by atoms with E-state index in [9.17, 15) is 9.59 Å². The molecule has 0 aromatic carbocycles. The summed E-state index contributed by atoms with van der Waals surface area (Å²) in [7, 11) is -2.40. The van der Waals surface area contributed by atoms with E-state index in [0.29, 0.717) is 0 Å². The standard InChI is InChI=1S/C3H5O5P/c4-2(3(5)6)1-9(7)8/h7-8H,1H2,(H,5,6). The van der Waals surface area contributed by atoms with Crippen molar-refractivity contribution in [3.8, 4) is 0 Å². The Hall–Kier alpha value is -0.510. The summed E-state index contributed by atoms with van der Waals surface area (Å²) in [6.45, 7) is 0. The van der Waals surface area contributed by atoms with Crippen LogP contribution in [0.2, 0.25) is 0 Å². The number of carbonyl (C=O) groups excluding carboxylic acids is 1. The molecule has 0 aliphatic heterocycles. The summed E-state index contributed by atoms with van der Waals surface area (Å²) in [4.78, 5) is 35.9. The molecule has 0 aromatic rings. The van der Waals surface area contributed by atoms with Gasteiger partial charge in [-0.1, -0.05) is 0 Å². The van der Waals surface area contributed by atoms with Gasteiger partial charge in [-0.05, 0) is 0 Å². The van der Waals surface area contributed by atoms with Crippen LogP contribution < -0.4 is 0 Å². The molecule has 0 aliphatic rings. The van der Waals surface area contributed by atoms with E-state index in [1.165, 1.54) is 0 Å².